The highest BCUT2D eigenvalue weighted by molar-refractivity contribution is 5.82. The molecule has 58 valence electrons. The summed E-state index contributed by atoms with van der Waals surface area (Å²) in [5, 5.41) is 1.10. The number of rotatable bonds is 0. The van der Waals surface area contributed by atoms with Crippen molar-refractivity contribution in [2.45, 2.75) is 20.8 Å². The fourth-order valence-corrected chi connectivity index (χ4v) is 1.37. The minimum atomic E-state index is 0.866. The van der Waals surface area contributed by atoms with E-state index < -0.39 is 0 Å². The summed E-state index contributed by atoms with van der Waals surface area (Å²) in [6, 6.07) is 2.00. The zero-order valence-corrected chi connectivity index (χ0v) is 6.89. The summed E-state index contributed by atoms with van der Waals surface area (Å²) in [6.45, 7) is 5.81. The van der Waals surface area contributed by atoms with Gasteiger partial charge in [0.1, 0.15) is 17.3 Å². The maximum absolute atomic E-state index is 5.43. The Morgan fingerprint density at radius 3 is 2.36 bits per heavy atom. The van der Waals surface area contributed by atoms with E-state index in [2.05, 4.69) is 0 Å². The molecule has 2 heterocycles. The zero-order chi connectivity index (χ0) is 8.01. The molecule has 2 rings (SSSR count). The molecule has 0 bridgehead atoms. The van der Waals surface area contributed by atoms with Crippen molar-refractivity contribution < 1.29 is 8.83 Å². The molecular formula is C9H10O2. The van der Waals surface area contributed by atoms with Crippen LogP contribution in [-0.4, -0.2) is 0 Å². The molecule has 0 aromatic carbocycles. The van der Waals surface area contributed by atoms with Crippen molar-refractivity contribution in [3.63, 3.8) is 0 Å². The van der Waals surface area contributed by atoms with E-state index in [1.165, 1.54) is 0 Å². The Hall–Kier alpha value is -1.18. The van der Waals surface area contributed by atoms with E-state index in [1.807, 2.05) is 26.8 Å². The average Bonchev–Trinajstić information content (AvgIpc) is 2.38. The summed E-state index contributed by atoms with van der Waals surface area (Å²) in [5.41, 5.74) is 0.889. The Labute approximate surface area is 64.8 Å². The van der Waals surface area contributed by atoms with E-state index in [9.17, 15) is 0 Å². The standard InChI is InChI=1S/C9H10O2/c1-5-4-8-6(2)11-7(3)9(8)10-5/h4H,1-3H3. The lowest BCUT2D eigenvalue weighted by atomic mass is 10.3. The second-order valence-corrected chi connectivity index (χ2v) is 2.81. The predicted octanol–water partition coefficient (Wildman–Crippen LogP) is 2.95. The third kappa shape index (κ3) is 0.788. The van der Waals surface area contributed by atoms with Gasteiger partial charge in [-0.1, -0.05) is 0 Å². The lowest BCUT2D eigenvalue weighted by molar-refractivity contribution is 0.490. The Balaban J connectivity index is 2.92. The molecule has 0 aliphatic heterocycles. The van der Waals surface area contributed by atoms with Crippen LogP contribution in [0, 0.1) is 20.8 Å². The molecule has 0 amide bonds. The Morgan fingerprint density at radius 1 is 1.00 bits per heavy atom. The molecule has 0 saturated heterocycles. The van der Waals surface area contributed by atoms with Gasteiger partial charge in [-0.3, -0.25) is 0 Å². The molecular weight excluding hydrogens is 140 g/mol. The first kappa shape index (κ1) is 6.53. The molecule has 0 aliphatic rings. The maximum atomic E-state index is 5.43. The Bertz CT molecular complexity index is 358. The van der Waals surface area contributed by atoms with E-state index in [1.54, 1.807) is 0 Å². The predicted molar refractivity (Wildman–Crippen MR) is 42.7 cm³/mol. The summed E-state index contributed by atoms with van der Waals surface area (Å²) in [5.74, 6) is 2.75. The van der Waals surface area contributed by atoms with Crippen LogP contribution in [0.15, 0.2) is 14.9 Å². The van der Waals surface area contributed by atoms with Crippen LogP contribution in [0.1, 0.15) is 17.3 Å². The van der Waals surface area contributed by atoms with Crippen LogP contribution in [0.3, 0.4) is 0 Å². The van der Waals surface area contributed by atoms with Crippen LogP contribution in [0.5, 0.6) is 0 Å². The van der Waals surface area contributed by atoms with Crippen molar-refractivity contribution in [1.29, 1.82) is 0 Å². The van der Waals surface area contributed by atoms with Crippen molar-refractivity contribution >= 4 is 11.0 Å². The van der Waals surface area contributed by atoms with Crippen LogP contribution in [0.4, 0.5) is 0 Å². The zero-order valence-electron chi connectivity index (χ0n) is 6.89. The van der Waals surface area contributed by atoms with Crippen molar-refractivity contribution in [3.05, 3.63) is 23.3 Å². The number of hydrogen-bond acceptors (Lipinski definition) is 2. The van der Waals surface area contributed by atoms with Gasteiger partial charge in [-0.25, -0.2) is 0 Å². The Morgan fingerprint density at radius 2 is 1.73 bits per heavy atom. The topological polar surface area (TPSA) is 26.3 Å². The second kappa shape index (κ2) is 1.91. The highest BCUT2D eigenvalue weighted by Crippen LogP contribution is 2.27. The van der Waals surface area contributed by atoms with E-state index in [0.717, 1.165) is 28.2 Å². The summed E-state index contributed by atoms with van der Waals surface area (Å²) in [6.07, 6.45) is 0. The number of furan rings is 2. The molecule has 0 N–H and O–H groups in total. The van der Waals surface area contributed by atoms with Crippen LogP contribution >= 0.6 is 0 Å². The fraction of sp³-hybridized carbons (Fsp3) is 0.333. The van der Waals surface area contributed by atoms with Gasteiger partial charge in [0.15, 0.2) is 5.58 Å². The summed E-state index contributed by atoms with van der Waals surface area (Å²) < 4.78 is 10.8. The smallest absolute Gasteiger partial charge is 0.175 e. The highest BCUT2D eigenvalue weighted by atomic mass is 16.4. The van der Waals surface area contributed by atoms with E-state index >= 15 is 0 Å². The molecule has 0 unspecified atom stereocenters. The van der Waals surface area contributed by atoms with Gasteiger partial charge in [0.2, 0.25) is 0 Å². The van der Waals surface area contributed by atoms with E-state index in [0.29, 0.717) is 0 Å². The van der Waals surface area contributed by atoms with Gasteiger partial charge in [-0.05, 0) is 26.8 Å². The van der Waals surface area contributed by atoms with Gasteiger partial charge in [0.05, 0.1) is 5.39 Å². The van der Waals surface area contributed by atoms with Gasteiger partial charge in [0.25, 0.3) is 0 Å². The van der Waals surface area contributed by atoms with Crippen molar-refractivity contribution in [3.8, 4) is 0 Å². The molecule has 0 aliphatic carbocycles. The summed E-state index contributed by atoms with van der Waals surface area (Å²) in [4.78, 5) is 0. The van der Waals surface area contributed by atoms with E-state index in [-0.39, 0.29) is 0 Å². The molecule has 2 aromatic rings. The molecule has 2 heteroatoms. The number of aryl methyl sites for hydroxylation is 3. The SMILES string of the molecule is Cc1cc2c(C)oc(C)c2o1. The third-order valence-electron chi connectivity index (χ3n) is 1.86. The lowest BCUT2D eigenvalue weighted by Gasteiger charge is -1.82. The normalized spacial score (nSPS) is 11.2. The Kier molecular flexibility index (Phi) is 1.13. The van der Waals surface area contributed by atoms with Crippen LogP contribution < -0.4 is 0 Å². The minimum Gasteiger partial charge on any atom is -0.462 e. The average molecular weight is 150 g/mol. The first-order valence-electron chi connectivity index (χ1n) is 3.64. The number of fused-ring (bicyclic) bond motifs is 1. The van der Waals surface area contributed by atoms with Crippen LogP contribution in [0.2, 0.25) is 0 Å². The van der Waals surface area contributed by atoms with Crippen LogP contribution in [0.25, 0.3) is 11.0 Å². The molecule has 0 radical (unpaired) electrons. The van der Waals surface area contributed by atoms with Crippen molar-refractivity contribution in [2.24, 2.45) is 0 Å². The van der Waals surface area contributed by atoms with Crippen molar-refractivity contribution in [1.82, 2.24) is 0 Å². The minimum absolute atomic E-state index is 0.866. The van der Waals surface area contributed by atoms with E-state index in [4.69, 9.17) is 8.83 Å². The molecule has 11 heavy (non-hydrogen) atoms. The van der Waals surface area contributed by atoms with Gasteiger partial charge in [-0.2, -0.15) is 0 Å². The van der Waals surface area contributed by atoms with Crippen molar-refractivity contribution in [2.75, 3.05) is 0 Å². The molecule has 0 atom stereocenters. The molecule has 0 spiro atoms. The van der Waals surface area contributed by atoms with Gasteiger partial charge >= 0.3 is 0 Å². The molecule has 2 aromatic heterocycles. The quantitative estimate of drug-likeness (QED) is 0.577. The van der Waals surface area contributed by atoms with Crippen LogP contribution in [-0.2, 0) is 0 Å². The van der Waals surface area contributed by atoms with Gasteiger partial charge in [0, 0.05) is 0 Å². The largest absolute Gasteiger partial charge is 0.462 e. The third-order valence-corrected chi connectivity index (χ3v) is 1.86. The van der Waals surface area contributed by atoms with Gasteiger partial charge in [-0.15, -0.1) is 0 Å². The fourth-order valence-electron chi connectivity index (χ4n) is 1.37. The summed E-state index contributed by atoms with van der Waals surface area (Å²) >= 11 is 0. The molecule has 0 fully saturated rings. The maximum Gasteiger partial charge on any atom is 0.175 e. The highest BCUT2D eigenvalue weighted by Gasteiger charge is 2.10. The first-order valence-corrected chi connectivity index (χ1v) is 3.64. The summed E-state index contributed by atoms with van der Waals surface area (Å²) in [7, 11) is 0. The lowest BCUT2D eigenvalue weighted by Crippen LogP contribution is -1.61. The molecule has 2 nitrogen and oxygen atoms in total. The first-order chi connectivity index (χ1) is 5.18. The second-order valence-electron chi connectivity index (χ2n) is 2.81. The number of hydrogen-bond donors (Lipinski definition) is 0. The van der Waals surface area contributed by atoms with Gasteiger partial charge < -0.3 is 8.83 Å². The monoisotopic (exact) mass is 150 g/mol. The molecule has 0 saturated carbocycles.